The molecule has 2 saturated heterocycles. The normalized spacial score (nSPS) is 23.6. The molecule has 2 aliphatic rings. The molecule has 0 spiro atoms. The minimum atomic E-state index is -1.14. The zero-order valence-corrected chi connectivity index (χ0v) is 11.7. The van der Waals surface area contributed by atoms with E-state index in [2.05, 4.69) is 0 Å². The molecule has 0 aromatic carbocycles. The van der Waals surface area contributed by atoms with Gasteiger partial charge in [-0.2, -0.15) is 0 Å². The Balaban J connectivity index is 0.000000220. The first-order valence-electron chi connectivity index (χ1n) is 6.70. The molecule has 2 heterocycles. The highest BCUT2D eigenvalue weighted by atomic mass is 16.4. The van der Waals surface area contributed by atoms with Crippen LogP contribution in [0.4, 0.5) is 9.59 Å². The number of carboxylic acid groups (broad SMARTS) is 4. The second kappa shape index (κ2) is 7.48. The fourth-order valence-electron chi connectivity index (χ4n) is 2.50. The largest absolute Gasteiger partial charge is 0.480 e. The van der Waals surface area contributed by atoms with Crippen molar-refractivity contribution in [1.29, 1.82) is 0 Å². The molecule has 0 aromatic heterocycles. The summed E-state index contributed by atoms with van der Waals surface area (Å²) in [4.78, 5) is 43.5. The van der Waals surface area contributed by atoms with Gasteiger partial charge in [0.2, 0.25) is 0 Å². The summed E-state index contributed by atoms with van der Waals surface area (Å²) in [5.74, 6) is -2.10. The van der Waals surface area contributed by atoms with Crippen LogP contribution in [0, 0.1) is 0 Å². The third kappa shape index (κ3) is 4.24. The Morgan fingerprint density at radius 3 is 1.18 bits per heavy atom. The van der Waals surface area contributed by atoms with Crippen molar-refractivity contribution in [2.75, 3.05) is 13.1 Å². The van der Waals surface area contributed by atoms with Gasteiger partial charge in [-0.05, 0) is 25.7 Å². The van der Waals surface area contributed by atoms with Gasteiger partial charge in [0.15, 0.2) is 0 Å². The molecule has 2 aliphatic heterocycles. The van der Waals surface area contributed by atoms with Crippen molar-refractivity contribution < 1.29 is 39.6 Å². The summed E-state index contributed by atoms with van der Waals surface area (Å²) in [6.45, 7) is 0.679. The first-order chi connectivity index (χ1) is 10.3. The lowest BCUT2D eigenvalue weighted by molar-refractivity contribution is -0.142. The summed E-state index contributed by atoms with van der Waals surface area (Å²) < 4.78 is 0. The summed E-state index contributed by atoms with van der Waals surface area (Å²) in [6.07, 6.45) is -0.139. The molecule has 4 N–H and O–H groups in total. The van der Waals surface area contributed by atoms with Crippen LogP contribution in [0.3, 0.4) is 0 Å². The van der Waals surface area contributed by atoms with Gasteiger partial charge >= 0.3 is 24.1 Å². The number of rotatable bonds is 2. The molecule has 2 rings (SSSR count). The number of aliphatic carboxylic acids is 2. The van der Waals surface area contributed by atoms with Gasteiger partial charge in [-0.25, -0.2) is 19.2 Å². The van der Waals surface area contributed by atoms with Gasteiger partial charge in [0, 0.05) is 13.1 Å². The predicted molar refractivity (Wildman–Crippen MR) is 70.8 cm³/mol. The van der Waals surface area contributed by atoms with Gasteiger partial charge in [0.25, 0.3) is 0 Å². The summed E-state index contributed by atoms with van der Waals surface area (Å²) in [5.41, 5.74) is 0. The maximum absolute atomic E-state index is 10.4. The van der Waals surface area contributed by atoms with Crippen molar-refractivity contribution in [3.05, 3.63) is 0 Å². The van der Waals surface area contributed by atoms with E-state index < -0.39 is 36.2 Å². The van der Waals surface area contributed by atoms with E-state index in [4.69, 9.17) is 20.4 Å². The Morgan fingerprint density at radius 1 is 0.682 bits per heavy atom. The van der Waals surface area contributed by atoms with Crippen molar-refractivity contribution in [2.24, 2.45) is 0 Å². The van der Waals surface area contributed by atoms with Crippen LogP contribution in [0.15, 0.2) is 0 Å². The summed E-state index contributed by atoms with van der Waals surface area (Å²) in [5, 5.41) is 34.0. The van der Waals surface area contributed by atoms with Crippen LogP contribution in [-0.2, 0) is 9.59 Å². The van der Waals surface area contributed by atoms with Gasteiger partial charge in [-0.3, -0.25) is 9.80 Å². The third-order valence-electron chi connectivity index (χ3n) is 3.57. The van der Waals surface area contributed by atoms with Crippen molar-refractivity contribution in [3.8, 4) is 0 Å². The van der Waals surface area contributed by atoms with E-state index in [1.165, 1.54) is 0 Å². The third-order valence-corrected chi connectivity index (χ3v) is 3.57. The zero-order chi connectivity index (χ0) is 16.9. The van der Waals surface area contributed by atoms with E-state index in [-0.39, 0.29) is 0 Å². The van der Waals surface area contributed by atoms with Crippen LogP contribution in [0.5, 0.6) is 0 Å². The Bertz CT molecular complexity index is 384. The van der Waals surface area contributed by atoms with Crippen molar-refractivity contribution >= 4 is 24.1 Å². The SMILES string of the molecule is O=C(O)[C@@H]1CCCN1C(=O)O.O=C(O)[C@@H]1CCCN1C(=O)O. The van der Waals surface area contributed by atoms with Crippen LogP contribution in [0.25, 0.3) is 0 Å². The van der Waals surface area contributed by atoms with E-state index in [1.807, 2.05) is 0 Å². The fourth-order valence-corrected chi connectivity index (χ4v) is 2.50. The standard InChI is InChI=1S/2C6H9NO4/c2*8-5(9)4-2-1-3-7(4)6(10)11/h2*4H,1-3H2,(H,8,9)(H,10,11)/t2*4-/m00/s1. The number of likely N-dealkylation sites (tertiary alicyclic amines) is 2. The molecule has 0 aromatic rings. The first-order valence-corrected chi connectivity index (χ1v) is 6.70. The fraction of sp³-hybridized carbons (Fsp3) is 0.667. The van der Waals surface area contributed by atoms with Crippen molar-refractivity contribution in [1.82, 2.24) is 9.80 Å². The lowest BCUT2D eigenvalue weighted by Gasteiger charge is -2.16. The molecule has 10 nitrogen and oxygen atoms in total. The second-order valence-electron chi connectivity index (χ2n) is 4.94. The van der Waals surface area contributed by atoms with E-state index >= 15 is 0 Å². The molecule has 124 valence electrons. The maximum atomic E-state index is 10.4. The van der Waals surface area contributed by atoms with Gasteiger partial charge in [0.1, 0.15) is 12.1 Å². The number of hydrogen-bond acceptors (Lipinski definition) is 4. The summed E-state index contributed by atoms with van der Waals surface area (Å²) >= 11 is 0. The molecule has 10 heteroatoms. The highest BCUT2D eigenvalue weighted by molar-refractivity contribution is 5.80. The molecule has 0 saturated carbocycles. The molecule has 2 amide bonds. The first kappa shape index (κ1) is 17.5. The van der Waals surface area contributed by atoms with Crippen LogP contribution < -0.4 is 0 Å². The average molecular weight is 318 g/mol. The van der Waals surface area contributed by atoms with Crippen LogP contribution in [0.1, 0.15) is 25.7 Å². The highest BCUT2D eigenvalue weighted by Gasteiger charge is 2.34. The Morgan fingerprint density at radius 2 is 1.00 bits per heavy atom. The number of amides is 2. The lowest BCUT2D eigenvalue weighted by atomic mass is 10.2. The monoisotopic (exact) mass is 318 g/mol. The van der Waals surface area contributed by atoms with E-state index in [1.54, 1.807) is 0 Å². The molecule has 2 atom stereocenters. The number of nitrogens with zero attached hydrogens (tertiary/aromatic N) is 2. The van der Waals surface area contributed by atoms with Gasteiger partial charge in [-0.1, -0.05) is 0 Å². The molecule has 0 radical (unpaired) electrons. The minimum absolute atomic E-state index is 0.340. The smallest absolute Gasteiger partial charge is 0.408 e. The number of hydrogen-bond donors (Lipinski definition) is 4. The molecule has 0 aliphatic carbocycles. The van der Waals surface area contributed by atoms with Crippen molar-refractivity contribution in [2.45, 2.75) is 37.8 Å². The van der Waals surface area contributed by atoms with Gasteiger partial charge in [-0.15, -0.1) is 0 Å². The summed E-state index contributed by atoms with van der Waals surface area (Å²) in [6, 6.07) is -1.65. The number of carbonyl (C=O) groups is 4. The lowest BCUT2D eigenvalue weighted by Crippen LogP contribution is -2.39. The number of carboxylic acids is 2. The van der Waals surface area contributed by atoms with Crippen LogP contribution in [-0.4, -0.2) is 79.5 Å². The van der Waals surface area contributed by atoms with E-state index in [0.29, 0.717) is 38.8 Å². The van der Waals surface area contributed by atoms with Crippen LogP contribution >= 0.6 is 0 Å². The molecule has 22 heavy (non-hydrogen) atoms. The zero-order valence-electron chi connectivity index (χ0n) is 11.7. The van der Waals surface area contributed by atoms with Gasteiger partial charge in [0.05, 0.1) is 0 Å². The van der Waals surface area contributed by atoms with Gasteiger partial charge < -0.3 is 20.4 Å². The second-order valence-corrected chi connectivity index (χ2v) is 4.94. The Hall–Kier alpha value is -2.52. The predicted octanol–water partition coefficient (Wildman–Crippen LogP) is 0.427. The molecule has 0 bridgehead atoms. The molecular formula is C12H18N2O8. The topological polar surface area (TPSA) is 156 Å². The maximum Gasteiger partial charge on any atom is 0.408 e. The quantitative estimate of drug-likeness (QED) is 0.571. The highest BCUT2D eigenvalue weighted by Crippen LogP contribution is 2.17. The molecule has 0 unspecified atom stereocenters. The Labute approximate surface area is 125 Å². The molecular weight excluding hydrogens is 300 g/mol. The summed E-state index contributed by atoms with van der Waals surface area (Å²) in [7, 11) is 0. The van der Waals surface area contributed by atoms with Crippen molar-refractivity contribution in [3.63, 3.8) is 0 Å². The molecule has 2 fully saturated rings. The van der Waals surface area contributed by atoms with Crippen LogP contribution in [0.2, 0.25) is 0 Å². The van der Waals surface area contributed by atoms with E-state index in [0.717, 1.165) is 9.80 Å². The minimum Gasteiger partial charge on any atom is -0.480 e. The average Bonchev–Trinajstić information content (AvgIpc) is 3.08. The van der Waals surface area contributed by atoms with E-state index in [9.17, 15) is 19.2 Å². The Kier molecular flexibility index (Phi) is 5.96.